The zero-order chi connectivity index (χ0) is 13.8. The molecule has 5 heteroatoms. The van der Waals surface area contributed by atoms with E-state index in [0.29, 0.717) is 12.5 Å². The van der Waals surface area contributed by atoms with E-state index in [4.69, 9.17) is 5.11 Å². The summed E-state index contributed by atoms with van der Waals surface area (Å²) in [5, 5.41) is 9.05. The van der Waals surface area contributed by atoms with Crippen molar-refractivity contribution in [1.82, 2.24) is 9.80 Å². The van der Waals surface area contributed by atoms with Crippen molar-refractivity contribution in [3.8, 4) is 0 Å². The highest BCUT2D eigenvalue weighted by molar-refractivity contribution is 5.85. The molecule has 0 unspecified atom stereocenters. The number of rotatable bonds is 5. The molecule has 0 bridgehead atoms. The third-order valence-electron chi connectivity index (χ3n) is 3.02. The van der Waals surface area contributed by atoms with Gasteiger partial charge in [-0.1, -0.05) is 13.8 Å². The van der Waals surface area contributed by atoms with Crippen LogP contribution in [0.4, 0.5) is 4.79 Å². The molecule has 0 atom stereocenters. The van der Waals surface area contributed by atoms with E-state index in [1.54, 1.807) is 11.9 Å². The SMILES string of the molecule is CC(C)CCN(C)C(=O)N(C)C(C)(C)C(=O)O. The van der Waals surface area contributed by atoms with Crippen LogP contribution in [-0.2, 0) is 4.79 Å². The number of urea groups is 1. The number of amides is 2. The molecular formula is C12H24N2O3. The highest BCUT2D eigenvalue weighted by Gasteiger charge is 2.36. The fourth-order valence-electron chi connectivity index (χ4n) is 1.19. The molecule has 0 fully saturated rings. The van der Waals surface area contributed by atoms with Crippen molar-refractivity contribution in [1.29, 1.82) is 0 Å². The molecule has 2 amide bonds. The molecule has 0 aromatic heterocycles. The summed E-state index contributed by atoms with van der Waals surface area (Å²) in [6, 6.07) is -0.266. The maximum Gasteiger partial charge on any atom is 0.329 e. The first-order valence-electron chi connectivity index (χ1n) is 5.83. The molecule has 5 nitrogen and oxygen atoms in total. The monoisotopic (exact) mass is 244 g/mol. The molecule has 0 saturated heterocycles. The smallest absolute Gasteiger partial charge is 0.329 e. The maximum absolute atomic E-state index is 12.0. The largest absolute Gasteiger partial charge is 0.480 e. The fraction of sp³-hybridized carbons (Fsp3) is 0.833. The second-order valence-electron chi connectivity index (χ2n) is 5.31. The Hall–Kier alpha value is -1.26. The number of hydrogen-bond acceptors (Lipinski definition) is 2. The molecule has 0 aliphatic carbocycles. The summed E-state index contributed by atoms with van der Waals surface area (Å²) in [5.74, 6) is -0.492. The van der Waals surface area contributed by atoms with Gasteiger partial charge in [0.25, 0.3) is 0 Å². The van der Waals surface area contributed by atoms with E-state index >= 15 is 0 Å². The molecule has 0 rings (SSSR count). The normalized spacial score (nSPS) is 11.5. The Labute approximate surface area is 103 Å². The third-order valence-corrected chi connectivity index (χ3v) is 3.02. The van der Waals surface area contributed by atoms with Crippen molar-refractivity contribution in [2.75, 3.05) is 20.6 Å². The van der Waals surface area contributed by atoms with Crippen molar-refractivity contribution >= 4 is 12.0 Å². The lowest BCUT2D eigenvalue weighted by Crippen LogP contribution is -2.54. The van der Waals surface area contributed by atoms with Crippen molar-refractivity contribution in [2.24, 2.45) is 5.92 Å². The van der Waals surface area contributed by atoms with Gasteiger partial charge in [0.15, 0.2) is 0 Å². The Morgan fingerprint density at radius 1 is 1.24 bits per heavy atom. The number of nitrogens with zero attached hydrogens (tertiary/aromatic N) is 2. The molecule has 0 heterocycles. The number of carboxylic acids is 1. The van der Waals surface area contributed by atoms with Crippen LogP contribution in [0.15, 0.2) is 0 Å². The quantitative estimate of drug-likeness (QED) is 0.803. The average molecular weight is 244 g/mol. The standard InChI is InChI=1S/C12H24N2O3/c1-9(2)7-8-13(5)11(17)14(6)12(3,4)10(15)16/h9H,7-8H2,1-6H3,(H,15,16). The van der Waals surface area contributed by atoms with Gasteiger partial charge in [0.05, 0.1) is 0 Å². The number of aliphatic carboxylic acids is 1. The molecular weight excluding hydrogens is 220 g/mol. The van der Waals surface area contributed by atoms with Gasteiger partial charge < -0.3 is 14.9 Å². The van der Waals surface area contributed by atoms with Crippen LogP contribution in [0.1, 0.15) is 34.1 Å². The van der Waals surface area contributed by atoms with Gasteiger partial charge in [-0.25, -0.2) is 9.59 Å². The van der Waals surface area contributed by atoms with Gasteiger partial charge in [-0.05, 0) is 26.2 Å². The first kappa shape index (κ1) is 15.7. The molecule has 0 radical (unpaired) electrons. The lowest BCUT2D eigenvalue weighted by Gasteiger charge is -2.34. The molecule has 0 aliphatic rings. The molecule has 0 aromatic carbocycles. The Bertz CT molecular complexity index is 287. The van der Waals surface area contributed by atoms with Crippen molar-refractivity contribution in [3.63, 3.8) is 0 Å². The minimum Gasteiger partial charge on any atom is -0.480 e. The zero-order valence-corrected chi connectivity index (χ0v) is 11.6. The van der Waals surface area contributed by atoms with Gasteiger partial charge >= 0.3 is 12.0 Å². The minimum atomic E-state index is -1.19. The lowest BCUT2D eigenvalue weighted by molar-refractivity contribution is -0.147. The summed E-state index contributed by atoms with van der Waals surface area (Å²) in [4.78, 5) is 25.9. The minimum absolute atomic E-state index is 0.266. The second kappa shape index (κ2) is 5.89. The summed E-state index contributed by atoms with van der Waals surface area (Å²) in [6.07, 6.45) is 0.906. The first-order chi connectivity index (χ1) is 7.60. The Morgan fingerprint density at radius 2 is 1.71 bits per heavy atom. The van der Waals surface area contributed by atoms with Gasteiger partial charge in [-0.3, -0.25) is 0 Å². The van der Waals surface area contributed by atoms with E-state index < -0.39 is 11.5 Å². The van der Waals surface area contributed by atoms with Crippen LogP contribution in [0.5, 0.6) is 0 Å². The van der Waals surface area contributed by atoms with E-state index in [-0.39, 0.29) is 6.03 Å². The maximum atomic E-state index is 12.0. The number of carboxylic acid groups (broad SMARTS) is 1. The summed E-state index contributed by atoms with van der Waals surface area (Å²) < 4.78 is 0. The lowest BCUT2D eigenvalue weighted by atomic mass is 10.0. The van der Waals surface area contributed by atoms with Gasteiger partial charge in [-0.2, -0.15) is 0 Å². The van der Waals surface area contributed by atoms with Gasteiger partial charge in [0.2, 0.25) is 0 Å². The fourth-order valence-corrected chi connectivity index (χ4v) is 1.19. The number of carbonyl (C=O) groups excluding carboxylic acids is 1. The van der Waals surface area contributed by atoms with Crippen LogP contribution >= 0.6 is 0 Å². The highest BCUT2D eigenvalue weighted by Crippen LogP contribution is 2.14. The van der Waals surface area contributed by atoms with Gasteiger partial charge in [0, 0.05) is 20.6 Å². The molecule has 0 aliphatic heterocycles. The second-order valence-corrected chi connectivity index (χ2v) is 5.31. The van der Waals surface area contributed by atoms with E-state index in [2.05, 4.69) is 13.8 Å². The van der Waals surface area contributed by atoms with E-state index in [0.717, 1.165) is 6.42 Å². The predicted molar refractivity (Wildman–Crippen MR) is 67.0 cm³/mol. The molecule has 0 aromatic rings. The highest BCUT2D eigenvalue weighted by atomic mass is 16.4. The summed E-state index contributed by atoms with van der Waals surface area (Å²) >= 11 is 0. The third kappa shape index (κ3) is 4.24. The van der Waals surface area contributed by atoms with Crippen LogP contribution < -0.4 is 0 Å². The van der Waals surface area contributed by atoms with Crippen LogP contribution in [0.3, 0.4) is 0 Å². The predicted octanol–water partition coefficient (Wildman–Crippen LogP) is 1.88. The number of carbonyl (C=O) groups is 2. The number of hydrogen-bond donors (Lipinski definition) is 1. The Morgan fingerprint density at radius 3 is 2.06 bits per heavy atom. The Kier molecular flexibility index (Phi) is 5.45. The van der Waals surface area contributed by atoms with Crippen LogP contribution in [-0.4, -0.2) is 53.1 Å². The van der Waals surface area contributed by atoms with Crippen LogP contribution in [0.25, 0.3) is 0 Å². The van der Waals surface area contributed by atoms with E-state index in [1.165, 1.54) is 25.8 Å². The van der Waals surface area contributed by atoms with Crippen LogP contribution in [0.2, 0.25) is 0 Å². The van der Waals surface area contributed by atoms with Gasteiger partial charge in [0.1, 0.15) is 5.54 Å². The van der Waals surface area contributed by atoms with Crippen molar-refractivity contribution < 1.29 is 14.7 Å². The zero-order valence-electron chi connectivity index (χ0n) is 11.6. The Balaban J connectivity index is 4.54. The molecule has 17 heavy (non-hydrogen) atoms. The van der Waals surface area contributed by atoms with Crippen LogP contribution in [0, 0.1) is 5.92 Å². The van der Waals surface area contributed by atoms with E-state index in [9.17, 15) is 9.59 Å². The summed E-state index contributed by atoms with van der Waals surface area (Å²) in [5.41, 5.74) is -1.19. The molecule has 100 valence electrons. The summed E-state index contributed by atoms with van der Waals surface area (Å²) in [6.45, 7) is 7.84. The summed E-state index contributed by atoms with van der Waals surface area (Å²) in [7, 11) is 3.21. The topological polar surface area (TPSA) is 60.9 Å². The van der Waals surface area contributed by atoms with E-state index in [1.807, 2.05) is 0 Å². The van der Waals surface area contributed by atoms with Crippen molar-refractivity contribution in [3.05, 3.63) is 0 Å². The molecule has 0 spiro atoms. The van der Waals surface area contributed by atoms with Crippen molar-refractivity contribution in [2.45, 2.75) is 39.7 Å². The number of likely N-dealkylation sites (N-methyl/N-ethyl adjacent to an activating group) is 1. The molecule has 0 saturated carbocycles. The molecule has 1 N–H and O–H groups in total. The average Bonchev–Trinajstić information content (AvgIpc) is 2.23. The van der Waals surface area contributed by atoms with Gasteiger partial charge in [-0.15, -0.1) is 0 Å². The first-order valence-corrected chi connectivity index (χ1v) is 5.83.